The first kappa shape index (κ1) is 17.1. The van der Waals surface area contributed by atoms with E-state index in [0.717, 1.165) is 16.8 Å². The van der Waals surface area contributed by atoms with E-state index < -0.39 is 5.54 Å². The SMILES string of the molecule is CC#Cc1cc(Cl)cc(-n2cc([C@]3(C)CC(=O)N(C)C(N)=N3)cn2)c1. The fraction of sp³-hybridized carbons (Fsp3) is 0.278. The Balaban J connectivity index is 2.01. The molecule has 7 heteroatoms. The number of guanidine groups is 1. The van der Waals surface area contributed by atoms with Gasteiger partial charge in [0.2, 0.25) is 5.91 Å². The Hall–Kier alpha value is -2.78. The molecule has 2 aromatic rings. The lowest BCUT2D eigenvalue weighted by Gasteiger charge is -2.32. The Labute approximate surface area is 151 Å². The lowest BCUT2D eigenvalue weighted by Crippen LogP contribution is -2.47. The largest absolute Gasteiger partial charge is 0.369 e. The van der Waals surface area contributed by atoms with Gasteiger partial charge in [0.05, 0.1) is 23.8 Å². The van der Waals surface area contributed by atoms with Crippen LogP contribution in [-0.4, -0.2) is 33.6 Å². The van der Waals surface area contributed by atoms with Gasteiger partial charge in [-0.3, -0.25) is 9.69 Å². The van der Waals surface area contributed by atoms with Gasteiger partial charge >= 0.3 is 0 Å². The molecule has 0 bridgehead atoms. The van der Waals surface area contributed by atoms with Gasteiger partial charge in [-0.1, -0.05) is 17.5 Å². The smallest absolute Gasteiger partial charge is 0.231 e. The number of nitrogens with zero attached hydrogens (tertiary/aromatic N) is 4. The van der Waals surface area contributed by atoms with Crippen molar-refractivity contribution in [3.63, 3.8) is 0 Å². The molecule has 0 aliphatic carbocycles. The highest BCUT2D eigenvalue weighted by Crippen LogP contribution is 2.33. The maximum atomic E-state index is 12.1. The van der Waals surface area contributed by atoms with Gasteiger partial charge in [-0.2, -0.15) is 5.10 Å². The maximum absolute atomic E-state index is 12.1. The van der Waals surface area contributed by atoms with Gasteiger partial charge in [0.25, 0.3) is 0 Å². The highest BCUT2D eigenvalue weighted by atomic mass is 35.5. The number of aromatic nitrogens is 2. The molecule has 1 aliphatic heterocycles. The third-order valence-corrected chi connectivity index (χ3v) is 4.41. The van der Waals surface area contributed by atoms with Gasteiger partial charge < -0.3 is 5.73 Å². The van der Waals surface area contributed by atoms with Crippen molar-refractivity contribution in [1.82, 2.24) is 14.7 Å². The van der Waals surface area contributed by atoms with Crippen molar-refractivity contribution in [2.75, 3.05) is 7.05 Å². The van der Waals surface area contributed by atoms with Gasteiger partial charge in [-0.05, 0) is 32.0 Å². The standard InChI is InChI=1S/C18H18ClN5O/c1-4-5-12-6-14(19)8-15(7-12)24-11-13(10-21-24)18(2)9-16(25)23(3)17(20)22-18/h6-8,10-11H,9H2,1-3H3,(H2,20,22)/t18-/m0/s1. The van der Waals surface area contributed by atoms with Crippen LogP contribution < -0.4 is 5.73 Å². The molecule has 128 valence electrons. The molecular formula is C18H18ClN5O. The molecule has 6 nitrogen and oxygen atoms in total. The first-order valence-electron chi connectivity index (χ1n) is 7.73. The minimum absolute atomic E-state index is 0.0778. The molecule has 0 spiro atoms. The second-order valence-electron chi connectivity index (χ2n) is 6.12. The highest BCUT2D eigenvalue weighted by molar-refractivity contribution is 6.30. The molecule has 0 saturated heterocycles. The van der Waals surface area contributed by atoms with E-state index in [0.29, 0.717) is 5.02 Å². The van der Waals surface area contributed by atoms with E-state index in [1.165, 1.54) is 4.90 Å². The second kappa shape index (κ2) is 6.26. The van der Waals surface area contributed by atoms with Gasteiger partial charge in [0, 0.05) is 29.4 Å². The fourth-order valence-electron chi connectivity index (χ4n) is 2.74. The van der Waals surface area contributed by atoms with Gasteiger partial charge in [0.15, 0.2) is 5.96 Å². The second-order valence-corrected chi connectivity index (χ2v) is 6.56. The topological polar surface area (TPSA) is 76.5 Å². The Bertz CT molecular complexity index is 936. The number of hydrogen-bond acceptors (Lipinski definition) is 4. The highest BCUT2D eigenvalue weighted by Gasteiger charge is 2.37. The zero-order valence-electron chi connectivity index (χ0n) is 14.2. The van der Waals surface area contributed by atoms with Crippen molar-refractivity contribution in [2.24, 2.45) is 10.7 Å². The lowest BCUT2D eigenvalue weighted by molar-refractivity contribution is -0.128. The van der Waals surface area contributed by atoms with E-state index in [4.69, 9.17) is 17.3 Å². The first-order valence-corrected chi connectivity index (χ1v) is 8.11. The minimum Gasteiger partial charge on any atom is -0.369 e. The number of halogens is 1. The van der Waals surface area contributed by atoms with E-state index in [2.05, 4.69) is 21.9 Å². The summed E-state index contributed by atoms with van der Waals surface area (Å²) in [5.74, 6) is 5.97. The number of benzene rings is 1. The van der Waals surface area contributed by atoms with Gasteiger partial charge in [-0.25, -0.2) is 9.67 Å². The Kier molecular flexibility index (Phi) is 4.27. The van der Waals surface area contributed by atoms with Crippen molar-refractivity contribution >= 4 is 23.5 Å². The zero-order valence-corrected chi connectivity index (χ0v) is 15.0. The quantitative estimate of drug-likeness (QED) is 0.840. The predicted octanol–water partition coefficient (Wildman–Crippen LogP) is 2.29. The maximum Gasteiger partial charge on any atom is 0.231 e. The number of nitrogens with two attached hydrogens (primary N) is 1. The molecule has 0 radical (unpaired) electrons. The molecule has 1 aliphatic rings. The molecule has 2 N–H and O–H groups in total. The number of amides is 1. The number of hydrogen-bond donors (Lipinski definition) is 1. The van der Waals surface area contributed by atoms with E-state index >= 15 is 0 Å². The van der Waals surface area contributed by atoms with Crippen LogP contribution in [0.25, 0.3) is 5.69 Å². The molecule has 3 rings (SSSR count). The molecule has 0 unspecified atom stereocenters. The summed E-state index contributed by atoms with van der Waals surface area (Å²) in [5, 5.41) is 4.97. The Morgan fingerprint density at radius 1 is 1.36 bits per heavy atom. The third-order valence-electron chi connectivity index (χ3n) is 4.20. The van der Waals surface area contributed by atoms with Crippen molar-refractivity contribution in [1.29, 1.82) is 0 Å². The normalized spacial score (nSPS) is 20.1. The molecular weight excluding hydrogens is 338 g/mol. The van der Waals surface area contributed by atoms with Crippen molar-refractivity contribution in [3.8, 4) is 17.5 Å². The summed E-state index contributed by atoms with van der Waals surface area (Å²) in [6, 6.07) is 5.51. The van der Waals surface area contributed by atoms with Gasteiger partial charge in [-0.15, -0.1) is 5.92 Å². The Morgan fingerprint density at radius 2 is 2.12 bits per heavy atom. The average Bonchev–Trinajstić information content (AvgIpc) is 3.03. The molecule has 0 fully saturated rings. The van der Waals surface area contributed by atoms with Crippen LogP contribution in [0.15, 0.2) is 35.6 Å². The average molecular weight is 356 g/mol. The molecule has 25 heavy (non-hydrogen) atoms. The summed E-state index contributed by atoms with van der Waals surface area (Å²) in [7, 11) is 1.62. The number of carbonyl (C=O) groups is 1. The summed E-state index contributed by atoms with van der Waals surface area (Å²) in [6.07, 6.45) is 3.77. The number of aliphatic imine (C=N–C) groups is 1. The lowest BCUT2D eigenvalue weighted by atomic mass is 9.90. The minimum atomic E-state index is -0.740. The van der Waals surface area contributed by atoms with Crippen LogP contribution in [0.3, 0.4) is 0 Å². The molecule has 1 atom stereocenters. The summed E-state index contributed by atoms with van der Waals surface area (Å²) in [6.45, 7) is 3.64. The zero-order chi connectivity index (χ0) is 18.2. The van der Waals surface area contributed by atoms with Crippen LogP contribution in [0.5, 0.6) is 0 Å². The van der Waals surface area contributed by atoms with Crippen molar-refractivity contribution in [3.05, 3.63) is 46.7 Å². The van der Waals surface area contributed by atoms with E-state index in [1.807, 2.05) is 19.2 Å². The number of carbonyl (C=O) groups excluding carboxylic acids is 1. The summed E-state index contributed by atoms with van der Waals surface area (Å²) in [5.41, 5.74) is 7.53. The molecule has 1 aromatic heterocycles. The van der Waals surface area contributed by atoms with Crippen LogP contribution in [0.4, 0.5) is 0 Å². The first-order chi connectivity index (χ1) is 11.8. The van der Waals surface area contributed by atoms with Crippen LogP contribution in [0.1, 0.15) is 31.4 Å². The van der Waals surface area contributed by atoms with Gasteiger partial charge in [0.1, 0.15) is 0 Å². The summed E-state index contributed by atoms with van der Waals surface area (Å²) >= 11 is 6.18. The summed E-state index contributed by atoms with van der Waals surface area (Å²) < 4.78 is 1.70. The van der Waals surface area contributed by atoms with Crippen LogP contribution >= 0.6 is 11.6 Å². The van der Waals surface area contributed by atoms with E-state index in [-0.39, 0.29) is 18.3 Å². The molecule has 1 aromatic carbocycles. The molecule has 1 amide bonds. The summed E-state index contributed by atoms with van der Waals surface area (Å²) in [4.78, 5) is 18.0. The van der Waals surface area contributed by atoms with E-state index in [1.54, 1.807) is 37.0 Å². The van der Waals surface area contributed by atoms with Crippen molar-refractivity contribution < 1.29 is 4.79 Å². The number of rotatable bonds is 2. The molecule has 0 saturated carbocycles. The van der Waals surface area contributed by atoms with E-state index in [9.17, 15) is 4.79 Å². The molecule has 2 heterocycles. The van der Waals surface area contributed by atoms with Crippen molar-refractivity contribution in [2.45, 2.75) is 25.8 Å². The fourth-order valence-corrected chi connectivity index (χ4v) is 2.97. The Morgan fingerprint density at radius 3 is 2.80 bits per heavy atom. The third kappa shape index (κ3) is 3.24. The van der Waals surface area contributed by atoms with Crippen LogP contribution in [0.2, 0.25) is 5.02 Å². The predicted molar refractivity (Wildman–Crippen MR) is 97.5 cm³/mol. The van der Waals surface area contributed by atoms with Crippen LogP contribution in [0, 0.1) is 11.8 Å². The van der Waals surface area contributed by atoms with Crippen LogP contribution in [-0.2, 0) is 10.3 Å². The monoisotopic (exact) mass is 355 g/mol.